The van der Waals surface area contributed by atoms with Crippen LogP contribution in [0.3, 0.4) is 0 Å². The van der Waals surface area contributed by atoms with E-state index in [0.29, 0.717) is 6.42 Å². The van der Waals surface area contributed by atoms with Gasteiger partial charge in [0.15, 0.2) is 0 Å². The van der Waals surface area contributed by atoms with Crippen molar-refractivity contribution in [2.45, 2.75) is 32.0 Å². The molecule has 14 heavy (non-hydrogen) atoms. The van der Waals surface area contributed by atoms with E-state index in [-0.39, 0.29) is 0 Å². The molecule has 0 heterocycles. The molecule has 0 aliphatic rings. The van der Waals surface area contributed by atoms with E-state index in [9.17, 15) is 10.2 Å². The predicted molar refractivity (Wildman–Crippen MR) is 65.2 cm³/mol. The van der Waals surface area contributed by atoms with Crippen LogP contribution >= 0.6 is 22.6 Å². The molecule has 2 N–H and O–H groups in total. The Balaban J connectivity index is 2.65. The van der Waals surface area contributed by atoms with Crippen LogP contribution in [0.2, 0.25) is 0 Å². The maximum Gasteiger partial charge on any atom is 0.0861 e. The lowest BCUT2D eigenvalue weighted by Crippen LogP contribution is -2.37. The Morgan fingerprint density at radius 3 is 2.21 bits per heavy atom. The molecule has 0 fully saturated rings. The molecule has 3 heteroatoms. The molecule has 0 aliphatic heterocycles. The Morgan fingerprint density at radius 2 is 1.79 bits per heavy atom. The number of hydrogen-bond acceptors (Lipinski definition) is 2. The lowest BCUT2D eigenvalue weighted by atomic mass is 9.95. The largest absolute Gasteiger partial charge is 0.390 e. The van der Waals surface area contributed by atoms with Crippen molar-refractivity contribution in [1.29, 1.82) is 0 Å². The van der Waals surface area contributed by atoms with Crippen LogP contribution < -0.4 is 0 Å². The highest BCUT2D eigenvalue weighted by molar-refractivity contribution is 14.1. The maximum atomic E-state index is 9.66. The van der Waals surface area contributed by atoms with Crippen molar-refractivity contribution in [3.63, 3.8) is 0 Å². The minimum absolute atomic E-state index is 0.487. The number of benzene rings is 1. The van der Waals surface area contributed by atoms with Gasteiger partial charge in [0.05, 0.1) is 11.7 Å². The highest BCUT2D eigenvalue weighted by Gasteiger charge is 2.24. The summed E-state index contributed by atoms with van der Waals surface area (Å²) in [5.74, 6) is 0. The zero-order valence-corrected chi connectivity index (χ0v) is 10.5. The molecular formula is C11H15IO2. The molecule has 0 spiro atoms. The van der Waals surface area contributed by atoms with Gasteiger partial charge in [0.1, 0.15) is 0 Å². The summed E-state index contributed by atoms with van der Waals surface area (Å²) >= 11 is 2.23. The summed E-state index contributed by atoms with van der Waals surface area (Å²) in [7, 11) is 0. The number of halogens is 1. The summed E-state index contributed by atoms with van der Waals surface area (Å²) in [6, 6.07) is 7.92. The fourth-order valence-corrected chi connectivity index (χ4v) is 1.45. The van der Waals surface area contributed by atoms with Gasteiger partial charge in [-0.2, -0.15) is 0 Å². The molecule has 0 aliphatic carbocycles. The molecule has 1 rings (SSSR count). The van der Waals surface area contributed by atoms with Gasteiger partial charge in [-0.05, 0) is 54.1 Å². The van der Waals surface area contributed by atoms with Gasteiger partial charge in [-0.3, -0.25) is 0 Å². The van der Waals surface area contributed by atoms with Crippen molar-refractivity contribution in [2.24, 2.45) is 0 Å². The van der Waals surface area contributed by atoms with Gasteiger partial charge >= 0.3 is 0 Å². The highest BCUT2D eigenvalue weighted by Crippen LogP contribution is 2.15. The molecule has 0 radical (unpaired) electrons. The molecule has 0 aromatic heterocycles. The smallest absolute Gasteiger partial charge is 0.0861 e. The number of hydrogen-bond donors (Lipinski definition) is 2. The number of rotatable bonds is 3. The van der Waals surface area contributed by atoms with Crippen molar-refractivity contribution in [1.82, 2.24) is 0 Å². The lowest BCUT2D eigenvalue weighted by Gasteiger charge is -2.24. The van der Waals surface area contributed by atoms with E-state index in [1.54, 1.807) is 13.8 Å². The van der Waals surface area contributed by atoms with Crippen LogP contribution in [-0.2, 0) is 6.42 Å². The van der Waals surface area contributed by atoms with Gasteiger partial charge in [-0.15, -0.1) is 0 Å². The summed E-state index contributed by atoms with van der Waals surface area (Å²) < 4.78 is 1.17. The van der Waals surface area contributed by atoms with E-state index in [1.165, 1.54) is 3.57 Å². The van der Waals surface area contributed by atoms with E-state index < -0.39 is 11.7 Å². The first-order valence-corrected chi connectivity index (χ1v) is 5.62. The molecule has 1 aromatic rings. The molecule has 0 bridgehead atoms. The third-order valence-electron chi connectivity index (χ3n) is 2.16. The van der Waals surface area contributed by atoms with Gasteiger partial charge in [0, 0.05) is 9.99 Å². The molecule has 0 saturated heterocycles. The summed E-state index contributed by atoms with van der Waals surface area (Å²) in [6.45, 7) is 3.23. The summed E-state index contributed by atoms with van der Waals surface area (Å²) in [5.41, 5.74) is 0.00301. The van der Waals surface area contributed by atoms with Gasteiger partial charge in [0.2, 0.25) is 0 Å². The van der Waals surface area contributed by atoms with Crippen LogP contribution in [0, 0.1) is 3.57 Å². The first kappa shape index (κ1) is 11.9. The first-order chi connectivity index (χ1) is 6.39. The van der Waals surface area contributed by atoms with E-state index in [2.05, 4.69) is 22.6 Å². The predicted octanol–water partition coefficient (Wildman–Crippen LogP) is 1.97. The van der Waals surface area contributed by atoms with Gasteiger partial charge in [0.25, 0.3) is 0 Å². The molecule has 78 valence electrons. The summed E-state index contributed by atoms with van der Waals surface area (Å²) in [6.07, 6.45) is -0.233. The van der Waals surface area contributed by atoms with Crippen molar-refractivity contribution in [3.05, 3.63) is 33.4 Å². The topological polar surface area (TPSA) is 40.5 Å². The molecule has 0 amide bonds. The van der Waals surface area contributed by atoms with Crippen molar-refractivity contribution >= 4 is 22.6 Å². The molecule has 0 saturated carbocycles. The first-order valence-electron chi connectivity index (χ1n) is 4.54. The Hall–Kier alpha value is -0.130. The van der Waals surface area contributed by atoms with Crippen LogP contribution in [0.4, 0.5) is 0 Å². The molecule has 1 atom stereocenters. The Morgan fingerprint density at radius 1 is 1.29 bits per heavy atom. The molecule has 1 aromatic carbocycles. The Bertz CT molecular complexity index is 287. The summed E-state index contributed by atoms with van der Waals surface area (Å²) in [5, 5.41) is 19.2. The standard InChI is InChI=1S/C11H15IO2/c1-11(2,14)10(13)7-8-3-5-9(12)6-4-8/h3-6,10,13-14H,7H2,1-2H3. The molecule has 2 nitrogen and oxygen atoms in total. The highest BCUT2D eigenvalue weighted by atomic mass is 127. The van der Waals surface area contributed by atoms with Crippen LogP contribution in [0.1, 0.15) is 19.4 Å². The zero-order valence-electron chi connectivity index (χ0n) is 8.37. The lowest BCUT2D eigenvalue weighted by molar-refractivity contribution is -0.0469. The van der Waals surface area contributed by atoms with Gasteiger partial charge in [-0.25, -0.2) is 0 Å². The zero-order chi connectivity index (χ0) is 10.8. The fourth-order valence-electron chi connectivity index (χ4n) is 1.09. The van der Waals surface area contributed by atoms with E-state index in [4.69, 9.17) is 0 Å². The number of aliphatic hydroxyl groups excluding tert-OH is 1. The quantitative estimate of drug-likeness (QED) is 0.838. The van der Waals surface area contributed by atoms with Gasteiger partial charge < -0.3 is 10.2 Å². The summed E-state index contributed by atoms with van der Waals surface area (Å²) in [4.78, 5) is 0. The normalized spacial score (nSPS) is 14.1. The Labute approximate surface area is 98.1 Å². The third-order valence-corrected chi connectivity index (χ3v) is 2.88. The second-order valence-electron chi connectivity index (χ2n) is 4.00. The average molecular weight is 306 g/mol. The van der Waals surface area contributed by atoms with Crippen molar-refractivity contribution < 1.29 is 10.2 Å². The van der Waals surface area contributed by atoms with Crippen molar-refractivity contribution in [2.75, 3.05) is 0 Å². The van der Waals surface area contributed by atoms with E-state index in [0.717, 1.165) is 5.56 Å². The van der Waals surface area contributed by atoms with Crippen LogP contribution in [0.5, 0.6) is 0 Å². The van der Waals surface area contributed by atoms with E-state index in [1.807, 2.05) is 24.3 Å². The monoisotopic (exact) mass is 306 g/mol. The Kier molecular flexibility index (Phi) is 3.92. The minimum atomic E-state index is -1.04. The minimum Gasteiger partial charge on any atom is -0.390 e. The maximum absolute atomic E-state index is 9.66. The van der Waals surface area contributed by atoms with Crippen LogP contribution in [-0.4, -0.2) is 21.9 Å². The van der Waals surface area contributed by atoms with E-state index >= 15 is 0 Å². The fraction of sp³-hybridized carbons (Fsp3) is 0.455. The molecular weight excluding hydrogens is 291 g/mol. The second-order valence-corrected chi connectivity index (χ2v) is 5.25. The van der Waals surface area contributed by atoms with Gasteiger partial charge in [-0.1, -0.05) is 12.1 Å². The van der Waals surface area contributed by atoms with Crippen molar-refractivity contribution in [3.8, 4) is 0 Å². The SMILES string of the molecule is CC(C)(O)C(O)Cc1ccc(I)cc1. The third kappa shape index (κ3) is 3.55. The van der Waals surface area contributed by atoms with Crippen LogP contribution in [0.25, 0.3) is 0 Å². The average Bonchev–Trinajstić information content (AvgIpc) is 2.07. The molecule has 1 unspecified atom stereocenters. The second kappa shape index (κ2) is 4.59. The van der Waals surface area contributed by atoms with Crippen LogP contribution in [0.15, 0.2) is 24.3 Å². The number of aliphatic hydroxyl groups is 2.